The van der Waals surface area contributed by atoms with Crippen molar-refractivity contribution < 1.29 is 9.39 Å². The van der Waals surface area contributed by atoms with E-state index in [1.807, 2.05) is 6.07 Å². The Labute approximate surface area is 149 Å². The van der Waals surface area contributed by atoms with E-state index in [-0.39, 0.29) is 6.92 Å². The second kappa shape index (κ2) is 8.04. The molecule has 6 heteroatoms. The molecule has 0 radical (unpaired) electrons. The van der Waals surface area contributed by atoms with Crippen molar-refractivity contribution in [1.82, 2.24) is 4.98 Å². The number of unbranched alkanes of at least 4 members (excludes halogenated alkanes) is 2. The number of nitrogens with zero attached hydrogens (tertiary/aromatic N) is 2. The first-order valence-electron chi connectivity index (χ1n) is 8.74. The molecule has 0 saturated heterocycles. The molecule has 1 aliphatic heterocycles. The van der Waals surface area contributed by atoms with Crippen molar-refractivity contribution in [2.45, 2.75) is 39.6 Å². The molecule has 0 fully saturated rings. The second-order valence-electron chi connectivity index (χ2n) is 6.18. The maximum absolute atomic E-state index is 7.27. The summed E-state index contributed by atoms with van der Waals surface area (Å²) in [4.78, 5) is 7.96. The Kier molecular flexibility index (Phi) is 5.57. The van der Waals surface area contributed by atoms with E-state index in [2.05, 4.69) is 41.0 Å². The first-order valence-corrected chi connectivity index (χ1v) is 8.74. The van der Waals surface area contributed by atoms with E-state index in [9.17, 15) is 0 Å². The predicted molar refractivity (Wildman–Crippen MR) is 101 cm³/mol. The molecule has 1 aromatic carbocycles. The molecule has 0 bridgehead atoms. The van der Waals surface area contributed by atoms with Crippen LogP contribution in [0.4, 0.5) is 17.2 Å². The molecule has 0 unspecified atom stereocenters. The van der Waals surface area contributed by atoms with Crippen molar-refractivity contribution in [3.8, 4) is 5.88 Å². The van der Waals surface area contributed by atoms with Gasteiger partial charge in [0.1, 0.15) is 5.82 Å². The maximum atomic E-state index is 7.27. The summed E-state index contributed by atoms with van der Waals surface area (Å²) in [6.45, 7) is 12.9. The van der Waals surface area contributed by atoms with Gasteiger partial charge in [-0.3, -0.25) is 0 Å². The Morgan fingerprint density at radius 3 is 3.00 bits per heavy atom. The Bertz CT molecular complexity index is 789. The summed E-state index contributed by atoms with van der Waals surface area (Å²) < 4.78 is 11.4. The fourth-order valence-electron chi connectivity index (χ4n) is 2.87. The van der Waals surface area contributed by atoms with Crippen LogP contribution in [0.1, 0.15) is 31.7 Å². The second-order valence-corrected chi connectivity index (χ2v) is 6.18. The average molecular weight is 335 g/mol. The van der Waals surface area contributed by atoms with Crippen molar-refractivity contribution in [2.75, 3.05) is 11.9 Å². The number of anilines is 2. The monoisotopic (exact) mass is 335 g/mol. The lowest BCUT2D eigenvalue weighted by Crippen LogP contribution is -2.23. The van der Waals surface area contributed by atoms with Crippen LogP contribution < -0.4 is 15.5 Å². The third-order valence-corrected chi connectivity index (χ3v) is 4.29. The van der Waals surface area contributed by atoms with Gasteiger partial charge in [0.2, 0.25) is 11.6 Å². The summed E-state index contributed by atoms with van der Waals surface area (Å²) >= 11 is 0. The number of ether oxygens (including phenoxy) is 1. The molecule has 5 nitrogen and oxygen atoms in total. The lowest BCUT2D eigenvalue weighted by molar-refractivity contribution is 0.297. The van der Waals surface area contributed by atoms with Crippen LogP contribution in [0.3, 0.4) is 0 Å². The van der Waals surface area contributed by atoms with Gasteiger partial charge in [-0.05, 0) is 41.7 Å². The van der Waals surface area contributed by atoms with E-state index >= 15 is 0 Å². The van der Waals surface area contributed by atoms with E-state index in [0.717, 1.165) is 24.9 Å². The first kappa shape index (κ1) is 17.3. The van der Waals surface area contributed by atoms with E-state index < -0.39 is 0 Å². The Morgan fingerprint density at radius 2 is 2.20 bits per heavy atom. The molecular weight excluding hydrogens is 313 g/mol. The number of rotatable bonds is 7. The fraction of sp³-hybridized carbons (Fsp3) is 0.368. The zero-order valence-corrected chi connectivity index (χ0v) is 14.7. The number of nitrogens with one attached hydrogen (secondary N) is 1. The standard InChI is InChI=1S/C19H22BN3O2/c1-4-5-6-11-24-19-17(21-3)9-10-18(23-19)22-15-7-8-16-14(12-15)13-25-20(16)2/h7-10,12H,4-6,11,13H2,1-2H3,(H,22,23). The summed E-state index contributed by atoms with van der Waals surface area (Å²) in [5, 5.41) is 3.29. The van der Waals surface area contributed by atoms with Gasteiger partial charge in [0.15, 0.2) is 0 Å². The van der Waals surface area contributed by atoms with E-state index in [0.29, 0.717) is 30.6 Å². The highest BCUT2D eigenvalue weighted by Crippen LogP contribution is 2.29. The van der Waals surface area contributed by atoms with Crippen molar-refractivity contribution in [3.05, 3.63) is 47.3 Å². The molecule has 1 aromatic heterocycles. The van der Waals surface area contributed by atoms with Crippen LogP contribution in [0.15, 0.2) is 30.3 Å². The Morgan fingerprint density at radius 1 is 1.32 bits per heavy atom. The smallest absolute Gasteiger partial charge is 0.324 e. The van der Waals surface area contributed by atoms with Crippen molar-refractivity contribution >= 4 is 29.6 Å². The quantitative estimate of drug-likeness (QED) is 0.465. The number of aromatic nitrogens is 1. The molecule has 0 amide bonds. The molecule has 1 N–H and O–H groups in total. The van der Waals surface area contributed by atoms with Gasteiger partial charge in [-0.25, -0.2) is 9.83 Å². The van der Waals surface area contributed by atoms with Crippen LogP contribution in [-0.4, -0.2) is 18.5 Å². The molecule has 2 heterocycles. The molecule has 2 aromatic rings. The van der Waals surface area contributed by atoms with Crippen molar-refractivity contribution in [2.24, 2.45) is 0 Å². The summed E-state index contributed by atoms with van der Waals surface area (Å²) in [6, 6.07) is 9.75. The van der Waals surface area contributed by atoms with E-state index in [1.54, 1.807) is 12.1 Å². The van der Waals surface area contributed by atoms with Crippen LogP contribution in [-0.2, 0) is 11.3 Å². The van der Waals surface area contributed by atoms with Gasteiger partial charge in [-0.1, -0.05) is 32.7 Å². The van der Waals surface area contributed by atoms with Crippen LogP contribution in [0.2, 0.25) is 6.82 Å². The topological polar surface area (TPSA) is 47.7 Å². The van der Waals surface area contributed by atoms with Gasteiger partial charge >= 0.3 is 6.92 Å². The van der Waals surface area contributed by atoms with Gasteiger partial charge in [0, 0.05) is 5.69 Å². The number of hydrogen-bond acceptors (Lipinski definition) is 4. The highest BCUT2D eigenvalue weighted by molar-refractivity contribution is 6.67. The van der Waals surface area contributed by atoms with Crippen LogP contribution in [0.5, 0.6) is 5.88 Å². The van der Waals surface area contributed by atoms with Crippen LogP contribution >= 0.6 is 0 Å². The molecule has 128 valence electrons. The van der Waals surface area contributed by atoms with Gasteiger partial charge in [0.25, 0.3) is 0 Å². The van der Waals surface area contributed by atoms with E-state index in [1.165, 1.54) is 11.0 Å². The predicted octanol–water partition coefficient (Wildman–Crippen LogP) is 4.30. The lowest BCUT2D eigenvalue weighted by Gasteiger charge is -2.11. The minimum atomic E-state index is 0.156. The summed E-state index contributed by atoms with van der Waals surface area (Å²) in [5.41, 5.74) is 3.84. The zero-order valence-electron chi connectivity index (χ0n) is 14.7. The molecule has 3 rings (SSSR count). The molecule has 1 aliphatic rings. The highest BCUT2D eigenvalue weighted by atomic mass is 16.5. The van der Waals surface area contributed by atoms with Crippen molar-refractivity contribution in [1.29, 1.82) is 0 Å². The SMILES string of the molecule is [C-]#[N+]c1ccc(Nc2ccc3c(c2)COB3C)nc1OCCCCC. The maximum Gasteiger partial charge on any atom is 0.324 e. The number of pyridine rings is 1. The number of hydrogen-bond donors (Lipinski definition) is 1. The molecule has 0 spiro atoms. The molecule has 0 atom stereocenters. The Balaban J connectivity index is 1.73. The van der Waals surface area contributed by atoms with E-state index in [4.69, 9.17) is 16.0 Å². The summed E-state index contributed by atoms with van der Waals surface area (Å²) in [6.07, 6.45) is 3.21. The highest BCUT2D eigenvalue weighted by Gasteiger charge is 2.23. The van der Waals surface area contributed by atoms with Gasteiger partial charge in [0.05, 0.1) is 19.8 Å². The Hall–Kier alpha value is -2.52. The number of benzene rings is 1. The lowest BCUT2D eigenvalue weighted by atomic mass is 9.64. The molecule has 0 saturated carbocycles. The zero-order chi connectivity index (χ0) is 17.6. The normalized spacial score (nSPS) is 12.6. The third kappa shape index (κ3) is 4.12. The summed E-state index contributed by atoms with van der Waals surface area (Å²) in [5.74, 6) is 1.07. The van der Waals surface area contributed by atoms with Gasteiger partial charge in [-0.15, -0.1) is 0 Å². The molecular formula is C19H22BN3O2. The summed E-state index contributed by atoms with van der Waals surface area (Å²) in [7, 11) is 0. The largest absolute Gasteiger partial charge is 0.486 e. The fourth-order valence-corrected chi connectivity index (χ4v) is 2.87. The molecule has 25 heavy (non-hydrogen) atoms. The average Bonchev–Trinajstić information content (AvgIpc) is 2.99. The number of fused-ring (bicyclic) bond motifs is 1. The van der Waals surface area contributed by atoms with Gasteiger partial charge < -0.3 is 14.7 Å². The first-order chi connectivity index (χ1) is 12.2. The van der Waals surface area contributed by atoms with Crippen LogP contribution in [0.25, 0.3) is 4.85 Å². The minimum Gasteiger partial charge on any atom is -0.486 e. The van der Waals surface area contributed by atoms with Gasteiger partial charge in [-0.2, -0.15) is 0 Å². The van der Waals surface area contributed by atoms with Crippen LogP contribution in [0, 0.1) is 6.57 Å². The minimum absolute atomic E-state index is 0.156. The molecule has 0 aliphatic carbocycles. The van der Waals surface area contributed by atoms with Crippen molar-refractivity contribution in [3.63, 3.8) is 0 Å². The third-order valence-electron chi connectivity index (χ3n) is 4.29.